The number of carbonyl (C=O) groups is 1. The van der Waals surface area contributed by atoms with E-state index in [4.69, 9.17) is 10.6 Å². The summed E-state index contributed by atoms with van der Waals surface area (Å²) in [5, 5.41) is 2.73. The van der Waals surface area contributed by atoms with Gasteiger partial charge >= 0.3 is 6.03 Å². The smallest absolute Gasteiger partial charge is 0.333 e. The summed E-state index contributed by atoms with van der Waals surface area (Å²) in [6.07, 6.45) is 1.69. The molecule has 0 radical (unpaired) electrons. The van der Waals surface area contributed by atoms with Crippen molar-refractivity contribution in [2.75, 3.05) is 5.32 Å². The summed E-state index contributed by atoms with van der Waals surface area (Å²) in [4.78, 5) is 15.8. The molecule has 4 N–H and O–H groups in total. The van der Waals surface area contributed by atoms with Gasteiger partial charge < -0.3 is 10.1 Å². The molecule has 1 heterocycles. The number of nitrogens with two attached hydrogens (primary N) is 1. The fraction of sp³-hybridized carbons (Fsp3) is 0.294. The molecule has 0 aliphatic heterocycles. The maximum absolute atomic E-state index is 11.5. The van der Waals surface area contributed by atoms with Crippen molar-refractivity contribution in [3.05, 3.63) is 53.2 Å². The zero-order chi connectivity index (χ0) is 16.8. The summed E-state index contributed by atoms with van der Waals surface area (Å²) in [6, 6.07) is 9.09. The highest BCUT2D eigenvalue weighted by Gasteiger charge is 2.14. The Morgan fingerprint density at radius 2 is 2.09 bits per heavy atom. The Kier molecular flexibility index (Phi) is 5.54. The summed E-state index contributed by atoms with van der Waals surface area (Å²) >= 11 is 0. The van der Waals surface area contributed by atoms with E-state index in [-0.39, 0.29) is 0 Å². The first-order chi connectivity index (χ1) is 11.0. The fourth-order valence-electron chi connectivity index (χ4n) is 2.35. The molecule has 0 bridgehead atoms. The van der Waals surface area contributed by atoms with Gasteiger partial charge in [-0.3, -0.25) is 5.43 Å². The molecule has 6 nitrogen and oxygen atoms in total. The van der Waals surface area contributed by atoms with Gasteiger partial charge in [0.2, 0.25) is 5.88 Å². The van der Waals surface area contributed by atoms with Gasteiger partial charge in [0.15, 0.2) is 0 Å². The zero-order valence-corrected chi connectivity index (χ0v) is 13.6. The molecule has 1 aromatic heterocycles. The highest BCUT2D eigenvalue weighted by atomic mass is 16.5. The van der Waals surface area contributed by atoms with Crippen molar-refractivity contribution < 1.29 is 9.53 Å². The van der Waals surface area contributed by atoms with Crippen molar-refractivity contribution in [1.29, 1.82) is 0 Å². The molecule has 2 aromatic rings. The third-order valence-corrected chi connectivity index (χ3v) is 3.53. The number of aromatic nitrogens is 1. The molecule has 0 spiro atoms. The number of carbonyl (C=O) groups excluding carboxylic acids is 1. The number of amides is 2. The van der Waals surface area contributed by atoms with Gasteiger partial charge in [0.05, 0.1) is 0 Å². The molecule has 0 saturated carbocycles. The first-order valence-corrected chi connectivity index (χ1v) is 7.46. The number of hydrogen-bond donors (Lipinski definition) is 3. The van der Waals surface area contributed by atoms with Gasteiger partial charge in [-0.1, -0.05) is 32.0 Å². The van der Waals surface area contributed by atoms with Crippen molar-refractivity contribution in [2.45, 2.75) is 33.3 Å². The Morgan fingerprint density at radius 3 is 2.74 bits per heavy atom. The maximum Gasteiger partial charge on any atom is 0.333 e. The number of rotatable bonds is 5. The number of hydrazine groups is 1. The van der Waals surface area contributed by atoms with Crippen LogP contribution in [0.15, 0.2) is 36.5 Å². The summed E-state index contributed by atoms with van der Waals surface area (Å²) in [5.74, 6) is 6.03. The van der Waals surface area contributed by atoms with Crippen molar-refractivity contribution in [2.24, 2.45) is 5.84 Å². The van der Waals surface area contributed by atoms with Gasteiger partial charge in [0.25, 0.3) is 0 Å². The Hall–Kier alpha value is -2.60. The molecule has 2 rings (SSSR count). The molecule has 6 heteroatoms. The SMILES string of the molecule is Cc1cccnc1OCc1c(NC(=O)NN)cccc1C(C)C. The molecule has 122 valence electrons. The average molecular weight is 314 g/mol. The first kappa shape index (κ1) is 16.8. The number of anilines is 1. The number of ether oxygens (including phenoxy) is 1. The van der Waals surface area contributed by atoms with E-state index in [0.717, 1.165) is 16.7 Å². The fourth-order valence-corrected chi connectivity index (χ4v) is 2.35. The van der Waals surface area contributed by atoms with Gasteiger partial charge in [-0.05, 0) is 30.5 Å². The topological polar surface area (TPSA) is 89.3 Å². The van der Waals surface area contributed by atoms with Gasteiger partial charge in [-0.25, -0.2) is 15.6 Å². The van der Waals surface area contributed by atoms with Crippen molar-refractivity contribution >= 4 is 11.7 Å². The van der Waals surface area contributed by atoms with E-state index in [9.17, 15) is 4.79 Å². The van der Waals surface area contributed by atoms with E-state index in [1.165, 1.54) is 0 Å². The van der Waals surface area contributed by atoms with Crippen LogP contribution in [0.3, 0.4) is 0 Å². The van der Waals surface area contributed by atoms with Crippen LogP contribution < -0.4 is 21.3 Å². The Morgan fingerprint density at radius 1 is 1.30 bits per heavy atom. The van der Waals surface area contributed by atoms with E-state index < -0.39 is 6.03 Å². The number of benzene rings is 1. The van der Waals surface area contributed by atoms with Gasteiger partial charge in [-0.15, -0.1) is 0 Å². The normalized spacial score (nSPS) is 10.5. The summed E-state index contributed by atoms with van der Waals surface area (Å²) in [6.45, 7) is 6.44. The van der Waals surface area contributed by atoms with E-state index in [0.29, 0.717) is 24.1 Å². The zero-order valence-electron chi connectivity index (χ0n) is 13.6. The Bertz CT molecular complexity index is 686. The van der Waals surface area contributed by atoms with Crippen LogP contribution in [0, 0.1) is 6.92 Å². The quantitative estimate of drug-likeness (QED) is 0.449. The Labute approximate surface area is 136 Å². The predicted molar refractivity (Wildman–Crippen MR) is 90.2 cm³/mol. The monoisotopic (exact) mass is 314 g/mol. The summed E-state index contributed by atoms with van der Waals surface area (Å²) in [7, 11) is 0. The molecule has 23 heavy (non-hydrogen) atoms. The summed E-state index contributed by atoms with van der Waals surface area (Å²) < 4.78 is 5.86. The molecule has 0 saturated heterocycles. The minimum absolute atomic E-state index is 0.293. The van der Waals surface area contributed by atoms with E-state index >= 15 is 0 Å². The van der Waals surface area contributed by atoms with Crippen LogP contribution in [0.5, 0.6) is 5.88 Å². The molecule has 0 aliphatic rings. The number of nitrogens with one attached hydrogen (secondary N) is 2. The van der Waals surface area contributed by atoms with Crippen molar-refractivity contribution in [3.63, 3.8) is 0 Å². The van der Waals surface area contributed by atoms with Crippen LogP contribution in [0.25, 0.3) is 0 Å². The molecule has 1 aromatic carbocycles. The molecule has 0 fully saturated rings. The van der Waals surface area contributed by atoms with Gasteiger partial charge in [-0.2, -0.15) is 0 Å². The lowest BCUT2D eigenvalue weighted by molar-refractivity contribution is 0.252. The van der Waals surface area contributed by atoms with Crippen LogP contribution in [0.1, 0.15) is 36.5 Å². The van der Waals surface area contributed by atoms with Crippen molar-refractivity contribution in [3.8, 4) is 5.88 Å². The predicted octanol–water partition coefficient (Wildman–Crippen LogP) is 3.09. The summed E-state index contributed by atoms with van der Waals surface area (Å²) in [5.41, 5.74) is 5.72. The third kappa shape index (κ3) is 4.20. The van der Waals surface area contributed by atoms with Gasteiger partial charge in [0.1, 0.15) is 6.61 Å². The van der Waals surface area contributed by atoms with Crippen LogP contribution >= 0.6 is 0 Å². The second-order valence-corrected chi connectivity index (χ2v) is 5.54. The minimum atomic E-state index is -0.471. The molecular formula is C17H22N4O2. The second kappa shape index (κ2) is 7.60. The van der Waals surface area contributed by atoms with Gasteiger partial charge in [0, 0.05) is 23.0 Å². The molecular weight excluding hydrogens is 292 g/mol. The molecule has 0 atom stereocenters. The lowest BCUT2D eigenvalue weighted by atomic mass is 9.96. The van der Waals surface area contributed by atoms with Crippen LogP contribution in [-0.2, 0) is 6.61 Å². The standard InChI is InChI=1S/C17H22N4O2/c1-11(2)13-7-4-8-15(20-17(22)21-18)14(13)10-23-16-12(3)6-5-9-19-16/h4-9,11H,10,18H2,1-3H3,(H2,20,21,22). The second-order valence-electron chi connectivity index (χ2n) is 5.54. The van der Waals surface area contributed by atoms with Crippen LogP contribution in [0.4, 0.5) is 10.5 Å². The number of urea groups is 1. The van der Waals surface area contributed by atoms with Crippen LogP contribution in [0.2, 0.25) is 0 Å². The molecule has 0 unspecified atom stereocenters. The average Bonchev–Trinajstić information content (AvgIpc) is 2.54. The van der Waals surface area contributed by atoms with Crippen molar-refractivity contribution in [1.82, 2.24) is 10.4 Å². The van der Waals surface area contributed by atoms with E-state index in [1.54, 1.807) is 6.20 Å². The molecule has 0 aliphatic carbocycles. The number of nitrogens with zero attached hydrogens (tertiary/aromatic N) is 1. The first-order valence-electron chi connectivity index (χ1n) is 7.46. The van der Waals surface area contributed by atoms with E-state index in [2.05, 4.69) is 29.6 Å². The Balaban J connectivity index is 2.30. The number of pyridine rings is 1. The van der Waals surface area contributed by atoms with E-state index in [1.807, 2.05) is 37.3 Å². The number of aryl methyl sites for hydroxylation is 1. The lowest BCUT2D eigenvalue weighted by Crippen LogP contribution is -2.34. The number of hydrogen-bond acceptors (Lipinski definition) is 4. The van der Waals surface area contributed by atoms with Crippen LogP contribution in [-0.4, -0.2) is 11.0 Å². The lowest BCUT2D eigenvalue weighted by Gasteiger charge is -2.18. The molecule has 2 amide bonds. The third-order valence-electron chi connectivity index (χ3n) is 3.53. The highest BCUT2D eigenvalue weighted by Crippen LogP contribution is 2.28. The highest BCUT2D eigenvalue weighted by molar-refractivity contribution is 5.89. The maximum atomic E-state index is 11.5. The largest absolute Gasteiger partial charge is 0.473 e. The minimum Gasteiger partial charge on any atom is -0.473 e.